The maximum atomic E-state index is 12.5. The van der Waals surface area contributed by atoms with Gasteiger partial charge >= 0.3 is 0 Å². The van der Waals surface area contributed by atoms with Crippen LogP contribution in [-0.2, 0) is 4.79 Å². The van der Waals surface area contributed by atoms with Gasteiger partial charge in [0.15, 0.2) is 0 Å². The van der Waals surface area contributed by atoms with Gasteiger partial charge in [0, 0.05) is 42.9 Å². The van der Waals surface area contributed by atoms with Gasteiger partial charge in [0.05, 0.1) is 22.8 Å². The smallest absolute Gasteiger partial charge is 0.268 e. The Morgan fingerprint density at radius 2 is 2.00 bits per heavy atom. The molecule has 2 amide bonds. The molecule has 4 bridgehead atoms. The zero-order valence-electron chi connectivity index (χ0n) is 16.3. The van der Waals surface area contributed by atoms with Crippen LogP contribution in [0.5, 0.6) is 0 Å². The molecule has 2 aromatic heterocycles. The number of amides is 2. The van der Waals surface area contributed by atoms with Crippen molar-refractivity contribution < 1.29 is 9.59 Å². The lowest BCUT2D eigenvalue weighted by molar-refractivity contribution is -0.121. The lowest BCUT2D eigenvalue weighted by Crippen LogP contribution is -2.42. The number of hydrogen-bond acceptors (Lipinski definition) is 5. The molecule has 29 heavy (non-hydrogen) atoms. The highest BCUT2D eigenvalue weighted by atomic mass is 16.2. The van der Waals surface area contributed by atoms with Gasteiger partial charge in [0.2, 0.25) is 5.91 Å². The lowest BCUT2D eigenvalue weighted by Gasteiger charge is -2.26. The van der Waals surface area contributed by atoms with E-state index >= 15 is 0 Å². The Kier molecular flexibility index (Phi) is 4.01. The van der Waals surface area contributed by atoms with Gasteiger partial charge in [0.25, 0.3) is 5.91 Å². The topological polar surface area (TPSA) is 101 Å². The highest BCUT2D eigenvalue weighted by Gasteiger charge is 2.28. The quantitative estimate of drug-likeness (QED) is 0.545. The van der Waals surface area contributed by atoms with E-state index in [0.29, 0.717) is 31.0 Å². The SMILES string of the molecule is Cc1nc2cccc3c2nc1N[C@H](C)CNC(=O)C[C@@H]1CNC(=O)c2cc-3cn21. The van der Waals surface area contributed by atoms with Gasteiger partial charge in [-0.25, -0.2) is 9.97 Å². The molecule has 2 atom stereocenters. The summed E-state index contributed by atoms with van der Waals surface area (Å²) in [5.41, 5.74) is 4.76. The Bertz CT molecular complexity index is 1150. The monoisotopic (exact) mass is 390 g/mol. The van der Waals surface area contributed by atoms with Crippen molar-refractivity contribution in [2.45, 2.75) is 32.4 Å². The molecule has 0 fully saturated rings. The van der Waals surface area contributed by atoms with E-state index in [1.807, 2.05) is 48.9 Å². The van der Waals surface area contributed by atoms with E-state index in [2.05, 4.69) is 16.0 Å². The summed E-state index contributed by atoms with van der Waals surface area (Å²) in [6.07, 6.45) is 2.26. The number of nitrogens with zero attached hydrogens (tertiary/aromatic N) is 3. The summed E-state index contributed by atoms with van der Waals surface area (Å²) in [5.74, 6) is 0.524. The molecule has 0 spiro atoms. The first-order valence-corrected chi connectivity index (χ1v) is 9.80. The second-order valence-corrected chi connectivity index (χ2v) is 7.77. The van der Waals surface area contributed by atoms with Crippen LogP contribution in [0.4, 0.5) is 5.82 Å². The van der Waals surface area contributed by atoms with E-state index in [9.17, 15) is 9.59 Å². The molecule has 0 saturated carbocycles. The van der Waals surface area contributed by atoms with Gasteiger partial charge in [0.1, 0.15) is 11.5 Å². The normalized spacial score (nSPS) is 21.3. The Hall–Kier alpha value is -3.42. The number of benzene rings is 1. The van der Waals surface area contributed by atoms with Crippen LogP contribution in [0.15, 0.2) is 30.5 Å². The number of carbonyl (C=O) groups excluding carboxylic acids is 2. The third-order valence-electron chi connectivity index (χ3n) is 5.56. The first-order chi connectivity index (χ1) is 14.0. The summed E-state index contributed by atoms with van der Waals surface area (Å²) in [6.45, 7) is 4.82. The van der Waals surface area contributed by atoms with Crippen molar-refractivity contribution >= 4 is 28.7 Å². The van der Waals surface area contributed by atoms with Crippen LogP contribution in [-0.4, -0.2) is 45.5 Å². The number of aromatic nitrogens is 3. The Labute approximate surface area is 167 Å². The van der Waals surface area contributed by atoms with Gasteiger partial charge in [-0.15, -0.1) is 0 Å². The molecule has 2 aliphatic rings. The number of aryl methyl sites for hydroxylation is 1. The van der Waals surface area contributed by atoms with Crippen molar-refractivity contribution in [1.29, 1.82) is 0 Å². The van der Waals surface area contributed by atoms with Gasteiger partial charge in [-0.2, -0.15) is 0 Å². The van der Waals surface area contributed by atoms with E-state index in [4.69, 9.17) is 9.97 Å². The molecule has 3 aromatic rings. The van der Waals surface area contributed by atoms with Crippen LogP contribution in [0.2, 0.25) is 0 Å². The molecule has 3 N–H and O–H groups in total. The van der Waals surface area contributed by atoms with Crippen LogP contribution in [0, 0.1) is 6.92 Å². The first-order valence-electron chi connectivity index (χ1n) is 9.80. The fourth-order valence-electron chi connectivity index (χ4n) is 4.05. The van der Waals surface area contributed by atoms with E-state index < -0.39 is 0 Å². The summed E-state index contributed by atoms with van der Waals surface area (Å²) in [4.78, 5) is 34.5. The Morgan fingerprint density at radius 1 is 1.14 bits per heavy atom. The fourth-order valence-corrected chi connectivity index (χ4v) is 4.05. The highest BCUT2D eigenvalue weighted by molar-refractivity contribution is 5.98. The third-order valence-corrected chi connectivity index (χ3v) is 5.56. The number of carbonyl (C=O) groups is 2. The van der Waals surface area contributed by atoms with Crippen molar-refractivity contribution in [3.8, 4) is 11.1 Å². The van der Waals surface area contributed by atoms with Crippen LogP contribution in [0.3, 0.4) is 0 Å². The van der Waals surface area contributed by atoms with Gasteiger partial charge in [-0.05, 0) is 26.0 Å². The van der Waals surface area contributed by atoms with Crippen molar-refractivity contribution in [3.05, 3.63) is 41.9 Å². The van der Waals surface area contributed by atoms with E-state index in [1.165, 1.54) is 0 Å². The summed E-state index contributed by atoms with van der Waals surface area (Å²) >= 11 is 0. The van der Waals surface area contributed by atoms with Crippen molar-refractivity contribution in [1.82, 2.24) is 25.2 Å². The molecule has 8 heteroatoms. The van der Waals surface area contributed by atoms with Gasteiger partial charge in [-0.3, -0.25) is 9.59 Å². The number of anilines is 1. The molecule has 1 aromatic carbocycles. The van der Waals surface area contributed by atoms with Crippen molar-refractivity contribution in [2.24, 2.45) is 0 Å². The highest BCUT2D eigenvalue weighted by Crippen LogP contribution is 2.32. The predicted octanol–water partition coefficient (Wildman–Crippen LogP) is 2.01. The minimum Gasteiger partial charge on any atom is -0.364 e. The minimum atomic E-state index is -0.129. The molecule has 5 rings (SSSR count). The van der Waals surface area contributed by atoms with Crippen LogP contribution in [0.1, 0.15) is 35.6 Å². The number of fused-ring (bicyclic) bond motifs is 3. The van der Waals surface area contributed by atoms with E-state index in [-0.39, 0.29) is 23.9 Å². The Morgan fingerprint density at radius 3 is 2.86 bits per heavy atom. The number of rotatable bonds is 0. The number of hydrogen-bond donors (Lipinski definition) is 3. The largest absolute Gasteiger partial charge is 0.364 e. The van der Waals surface area contributed by atoms with Gasteiger partial charge in [-0.1, -0.05) is 12.1 Å². The maximum Gasteiger partial charge on any atom is 0.268 e. The molecule has 8 nitrogen and oxygen atoms in total. The second kappa shape index (κ2) is 6.58. The number of para-hydroxylation sites is 1. The average molecular weight is 390 g/mol. The minimum absolute atomic E-state index is 0.00417. The number of nitrogens with one attached hydrogen (secondary N) is 3. The molecule has 0 aliphatic carbocycles. The molecule has 148 valence electrons. The summed E-state index contributed by atoms with van der Waals surface area (Å²) < 4.78 is 1.92. The molecule has 4 heterocycles. The lowest BCUT2D eigenvalue weighted by atomic mass is 10.1. The first kappa shape index (κ1) is 17.7. The molecule has 0 unspecified atom stereocenters. The second-order valence-electron chi connectivity index (χ2n) is 7.77. The predicted molar refractivity (Wildman–Crippen MR) is 110 cm³/mol. The molecule has 2 aliphatic heterocycles. The van der Waals surface area contributed by atoms with Crippen LogP contribution in [0.25, 0.3) is 22.2 Å². The zero-order valence-corrected chi connectivity index (χ0v) is 16.3. The third kappa shape index (κ3) is 3.00. The summed E-state index contributed by atoms with van der Waals surface area (Å²) in [6, 6.07) is 7.63. The fraction of sp³-hybridized carbons (Fsp3) is 0.333. The molecular formula is C21H22N6O2. The van der Waals surface area contributed by atoms with Crippen LogP contribution < -0.4 is 16.0 Å². The van der Waals surface area contributed by atoms with Crippen molar-refractivity contribution in [2.75, 3.05) is 18.4 Å². The summed E-state index contributed by atoms with van der Waals surface area (Å²) in [5, 5.41) is 9.24. The molecule has 0 saturated heterocycles. The molecular weight excluding hydrogens is 368 g/mol. The van der Waals surface area contributed by atoms with Crippen molar-refractivity contribution in [3.63, 3.8) is 0 Å². The van der Waals surface area contributed by atoms with Crippen LogP contribution >= 0.6 is 0 Å². The molecule has 0 radical (unpaired) electrons. The van der Waals surface area contributed by atoms with E-state index in [1.54, 1.807) is 0 Å². The maximum absolute atomic E-state index is 12.5. The zero-order chi connectivity index (χ0) is 20.1. The Balaban J connectivity index is 1.74. The average Bonchev–Trinajstić information content (AvgIpc) is 3.14. The summed E-state index contributed by atoms with van der Waals surface area (Å²) in [7, 11) is 0. The van der Waals surface area contributed by atoms with E-state index in [0.717, 1.165) is 27.9 Å². The van der Waals surface area contributed by atoms with Gasteiger partial charge < -0.3 is 20.5 Å². The standard InChI is InChI=1S/C21H22N6O2/c1-11-8-22-18(28)7-14-9-23-21(29)17-6-13(10-27(14)17)15-4-3-5-16-19(15)26-20(24-11)12(2)25-16/h3-6,10-11,14H,7-9H2,1-2H3,(H,22,28)(H,23,29)(H,24,26)/t11-,14-/m1/s1.